The fraction of sp³-hybridized carbons (Fsp3) is 0.300. The Morgan fingerprint density at radius 1 is 1.18 bits per heavy atom. The van der Waals surface area contributed by atoms with Gasteiger partial charge in [-0.1, -0.05) is 11.6 Å². The number of hydrogen-bond donors (Lipinski definition) is 3. The second-order valence-electron chi connectivity index (χ2n) is 6.93. The van der Waals surface area contributed by atoms with Crippen molar-refractivity contribution < 1.29 is 37.1 Å². The first kappa shape index (κ1) is 25.5. The fourth-order valence-electron chi connectivity index (χ4n) is 2.97. The summed E-state index contributed by atoms with van der Waals surface area (Å²) in [5.74, 6) is -4.58. The number of rotatable bonds is 8. The molecule has 0 spiro atoms. The SMILES string of the molecule is O=C(NC[C@H](NC(=O)C(F)F)C(=O)Nc1ccc(N2CCOCC2=O)c(F)c1)c1ccc(Cl)s1. The van der Waals surface area contributed by atoms with Crippen LogP contribution in [0.1, 0.15) is 9.67 Å². The summed E-state index contributed by atoms with van der Waals surface area (Å²) in [6, 6.07) is 4.82. The lowest BCUT2D eigenvalue weighted by Crippen LogP contribution is -2.52. The van der Waals surface area contributed by atoms with Crippen LogP contribution in [-0.4, -0.2) is 62.4 Å². The Morgan fingerprint density at radius 2 is 1.94 bits per heavy atom. The number of ether oxygens (including phenoxy) is 1. The molecule has 0 aliphatic carbocycles. The van der Waals surface area contributed by atoms with E-state index in [9.17, 15) is 32.3 Å². The van der Waals surface area contributed by atoms with Crippen LogP contribution in [0.2, 0.25) is 4.34 Å². The summed E-state index contributed by atoms with van der Waals surface area (Å²) < 4.78 is 45.4. The van der Waals surface area contributed by atoms with Crippen LogP contribution < -0.4 is 20.9 Å². The average molecular weight is 519 g/mol. The third kappa shape index (κ3) is 6.46. The summed E-state index contributed by atoms with van der Waals surface area (Å²) >= 11 is 6.73. The Morgan fingerprint density at radius 3 is 2.56 bits per heavy atom. The van der Waals surface area contributed by atoms with Crippen LogP contribution in [-0.2, 0) is 19.1 Å². The second-order valence-corrected chi connectivity index (χ2v) is 8.64. The molecule has 0 bridgehead atoms. The molecule has 2 heterocycles. The van der Waals surface area contributed by atoms with Gasteiger partial charge >= 0.3 is 6.43 Å². The maximum atomic E-state index is 14.6. The first-order valence-electron chi connectivity index (χ1n) is 9.76. The van der Waals surface area contributed by atoms with Crippen molar-refractivity contribution in [1.29, 1.82) is 0 Å². The number of benzene rings is 1. The Labute approximate surface area is 200 Å². The second kappa shape index (κ2) is 11.3. The zero-order chi connectivity index (χ0) is 24.8. The minimum Gasteiger partial charge on any atom is -0.370 e. The van der Waals surface area contributed by atoms with Crippen molar-refractivity contribution in [2.45, 2.75) is 12.5 Å². The number of alkyl halides is 2. The molecule has 0 unspecified atom stereocenters. The lowest BCUT2D eigenvalue weighted by Gasteiger charge is -2.27. The van der Waals surface area contributed by atoms with E-state index in [1.54, 1.807) is 0 Å². The van der Waals surface area contributed by atoms with E-state index in [4.69, 9.17) is 16.3 Å². The predicted octanol–water partition coefficient (Wildman–Crippen LogP) is 2.02. The number of nitrogens with zero attached hydrogens (tertiary/aromatic N) is 1. The number of hydrogen-bond acceptors (Lipinski definition) is 6. The topological polar surface area (TPSA) is 117 Å². The molecular weight excluding hydrogens is 501 g/mol. The summed E-state index contributed by atoms with van der Waals surface area (Å²) in [6.45, 7) is -0.328. The predicted molar refractivity (Wildman–Crippen MR) is 118 cm³/mol. The van der Waals surface area contributed by atoms with Gasteiger partial charge in [-0.3, -0.25) is 19.2 Å². The molecule has 3 N–H and O–H groups in total. The molecule has 182 valence electrons. The van der Waals surface area contributed by atoms with Crippen LogP contribution in [0.4, 0.5) is 24.5 Å². The summed E-state index contributed by atoms with van der Waals surface area (Å²) in [5.41, 5.74) is -0.0738. The number of carbonyl (C=O) groups excluding carboxylic acids is 4. The molecule has 3 rings (SSSR count). The molecule has 2 aromatic rings. The largest absolute Gasteiger partial charge is 0.370 e. The normalized spacial score (nSPS) is 14.6. The van der Waals surface area contributed by atoms with Crippen LogP contribution in [0, 0.1) is 5.82 Å². The number of halogens is 4. The number of morpholine rings is 1. The van der Waals surface area contributed by atoms with Crippen molar-refractivity contribution in [3.8, 4) is 0 Å². The Balaban J connectivity index is 1.70. The first-order valence-corrected chi connectivity index (χ1v) is 11.0. The highest BCUT2D eigenvalue weighted by Crippen LogP contribution is 2.24. The monoisotopic (exact) mass is 518 g/mol. The van der Waals surface area contributed by atoms with Gasteiger partial charge < -0.3 is 25.6 Å². The minimum atomic E-state index is -3.40. The minimum absolute atomic E-state index is 0.0178. The summed E-state index contributed by atoms with van der Waals surface area (Å²) in [7, 11) is 0. The number of thiophene rings is 1. The zero-order valence-corrected chi connectivity index (χ0v) is 18.9. The molecule has 0 radical (unpaired) electrons. The highest BCUT2D eigenvalue weighted by Gasteiger charge is 2.27. The molecule has 1 atom stereocenters. The van der Waals surface area contributed by atoms with E-state index in [0.717, 1.165) is 17.4 Å². The molecule has 4 amide bonds. The molecular formula is C20H18ClF3N4O5S. The van der Waals surface area contributed by atoms with E-state index in [0.29, 0.717) is 4.34 Å². The number of nitrogens with one attached hydrogen (secondary N) is 3. The van der Waals surface area contributed by atoms with Crippen molar-refractivity contribution in [2.75, 3.05) is 36.5 Å². The lowest BCUT2D eigenvalue weighted by atomic mass is 10.2. The van der Waals surface area contributed by atoms with E-state index < -0.39 is 48.5 Å². The van der Waals surface area contributed by atoms with Gasteiger partial charge in [0.05, 0.1) is 21.5 Å². The Kier molecular flexibility index (Phi) is 8.47. The molecule has 0 saturated carbocycles. The average Bonchev–Trinajstić information content (AvgIpc) is 3.23. The molecule has 1 aromatic carbocycles. The van der Waals surface area contributed by atoms with Crippen LogP contribution >= 0.6 is 22.9 Å². The summed E-state index contributed by atoms with van der Waals surface area (Å²) in [4.78, 5) is 49.6. The quantitative estimate of drug-likeness (QED) is 0.494. The van der Waals surface area contributed by atoms with Gasteiger partial charge in [-0.15, -0.1) is 11.3 Å². The molecule has 1 fully saturated rings. The molecule has 14 heteroatoms. The first-order chi connectivity index (χ1) is 16.2. The van der Waals surface area contributed by atoms with Crippen molar-refractivity contribution in [3.05, 3.63) is 45.4 Å². The van der Waals surface area contributed by atoms with Crippen molar-refractivity contribution in [2.24, 2.45) is 0 Å². The van der Waals surface area contributed by atoms with Crippen LogP contribution in [0.5, 0.6) is 0 Å². The van der Waals surface area contributed by atoms with Crippen LogP contribution in [0.15, 0.2) is 30.3 Å². The Bertz CT molecular complexity index is 1100. The fourth-order valence-corrected chi connectivity index (χ4v) is 3.93. The summed E-state index contributed by atoms with van der Waals surface area (Å²) in [6.07, 6.45) is -3.40. The van der Waals surface area contributed by atoms with Gasteiger partial charge in [-0.25, -0.2) is 4.39 Å². The van der Waals surface area contributed by atoms with Crippen molar-refractivity contribution >= 4 is 57.9 Å². The van der Waals surface area contributed by atoms with Crippen molar-refractivity contribution in [1.82, 2.24) is 10.6 Å². The molecule has 1 aliphatic heterocycles. The van der Waals surface area contributed by atoms with Gasteiger partial charge in [0.2, 0.25) is 5.91 Å². The smallest absolute Gasteiger partial charge is 0.315 e. The highest BCUT2D eigenvalue weighted by molar-refractivity contribution is 7.18. The third-order valence-electron chi connectivity index (χ3n) is 4.59. The molecule has 1 saturated heterocycles. The van der Waals surface area contributed by atoms with E-state index in [1.165, 1.54) is 29.2 Å². The third-order valence-corrected chi connectivity index (χ3v) is 5.82. The summed E-state index contributed by atoms with van der Waals surface area (Å²) in [5, 5.41) is 6.49. The van der Waals surface area contributed by atoms with Gasteiger partial charge in [-0.2, -0.15) is 8.78 Å². The standard InChI is InChI=1S/C20H18ClF3N4O5S/c21-15-4-3-14(34-15)19(31)25-8-12(27-20(32)17(23)24)18(30)26-10-1-2-13(11(22)7-10)28-5-6-33-9-16(28)29/h1-4,7,12,17H,5-6,8-9H2,(H,25,31)(H,26,30)(H,27,32)/t12-/m0/s1. The molecule has 1 aliphatic rings. The number of carbonyl (C=O) groups is 4. The van der Waals surface area contributed by atoms with Crippen molar-refractivity contribution in [3.63, 3.8) is 0 Å². The number of anilines is 2. The highest BCUT2D eigenvalue weighted by atomic mass is 35.5. The van der Waals surface area contributed by atoms with E-state index in [2.05, 4.69) is 10.6 Å². The van der Waals surface area contributed by atoms with E-state index in [-0.39, 0.29) is 36.0 Å². The van der Waals surface area contributed by atoms with Gasteiger partial charge in [0.1, 0.15) is 18.5 Å². The van der Waals surface area contributed by atoms with Crippen LogP contribution in [0.3, 0.4) is 0 Å². The van der Waals surface area contributed by atoms with E-state index >= 15 is 0 Å². The molecule has 9 nitrogen and oxygen atoms in total. The van der Waals surface area contributed by atoms with Gasteiger partial charge in [0.25, 0.3) is 17.7 Å². The lowest BCUT2D eigenvalue weighted by molar-refractivity contribution is -0.134. The molecule has 1 aromatic heterocycles. The maximum Gasteiger partial charge on any atom is 0.315 e. The van der Waals surface area contributed by atoms with Gasteiger partial charge in [-0.05, 0) is 30.3 Å². The maximum absolute atomic E-state index is 14.6. The molecule has 34 heavy (non-hydrogen) atoms. The van der Waals surface area contributed by atoms with E-state index in [1.807, 2.05) is 5.32 Å². The Hall–Kier alpha value is -3.16. The van der Waals surface area contributed by atoms with Crippen LogP contribution in [0.25, 0.3) is 0 Å². The zero-order valence-electron chi connectivity index (χ0n) is 17.3. The number of amides is 4. The van der Waals surface area contributed by atoms with Gasteiger partial charge in [0, 0.05) is 18.8 Å². The van der Waals surface area contributed by atoms with Gasteiger partial charge in [0.15, 0.2) is 0 Å².